The van der Waals surface area contributed by atoms with Crippen LogP contribution in [0.4, 0.5) is 0 Å². The van der Waals surface area contributed by atoms with Crippen LogP contribution >= 0.6 is 12.4 Å². The summed E-state index contributed by atoms with van der Waals surface area (Å²) in [5, 5.41) is 0. The maximum absolute atomic E-state index is 12.3. The van der Waals surface area contributed by atoms with Crippen molar-refractivity contribution < 1.29 is 9.59 Å². The Labute approximate surface area is 125 Å². The van der Waals surface area contributed by atoms with Gasteiger partial charge in [0.25, 0.3) is 5.91 Å². The third-order valence-corrected chi connectivity index (χ3v) is 3.39. The molecule has 6 heteroatoms. The van der Waals surface area contributed by atoms with Crippen molar-refractivity contribution in [2.75, 3.05) is 32.7 Å². The fraction of sp³-hybridized carbons (Fsp3) is 0.429. The van der Waals surface area contributed by atoms with Crippen molar-refractivity contribution in [3.8, 4) is 0 Å². The number of rotatable bonds is 2. The highest BCUT2D eigenvalue weighted by Gasteiger charge is 2.23. The lowest BCUT2D eigenvalue weighted by Gasteiger charge is -2.34. The van der Waals surface area contributed by atoms with Gasteiger partial charge in [0, 0.05) is 31.7 Å². The van der Waals surface area contributed by atoms with E-state index in [1.807, 2.05) is 31.2 Å². The standard InChI is InChI=1S/C14H19N3O2.ClH/c1-11-2-4-12(5-3-11)14(19)17-8-6-16(7-9-17)13(18)10-15;/h2-5H,6-10,15H2,1H3;1H. The Hall–Kier alpha value is -1.59. The van der Waals surface area contributed by atoms with Gasteiger partial charge in [0.05, 0.1) is 6.54 Å². The largest absolute Gasteiger partial charge is 0.338 e. The molecule has 2 N–H and O–H groups in total. The molecule has 0 bridgehead atoms. The molecule has 1 aliphatic heterocycles. The number of aryl methyl sites for hydroxylation is 1. The molecule has 0 radical (unpaired) electrons. The highest BCUT2D eigenvalue weighted by atomic mass is 35.5. The van der Waals surface area contributed by atoms with Crippen LogP contribution in [0.2, 0.25) is 0 Å². The molecule has 1 heterocycles. The predicted octanol–water partition coefficient (Wildman–Crippen LogP) is 0.660. The minimum Gasteiger partial charge on any atom is -0.338 e. The predicted molar refractivity (Wildman–Crippen MR) is 80.0 cm³/mol. The first-order chi connectivity index (χ1) is 9.11. The van der Waals surface area contributed by atoms with Crippen LogP contribution < -0.4 is 5.73 Å². The second-order valence-corrected chi connectivity index (χ2v) is 4.74. The average Bonchev–Trinajstić information content (AvgIpc) is 2.46. The van der Waals surface area contributed by atoms with E-state index >= 15 is 0 Å². The first kappa shape index (κ1) is 16.5. The summed E-state index contributed by atoms with van der Waals surface area (Å²) in [5.74, 6) is -0.0257. The molecule has 110 valence electrons. The van der Waals surface area contributed by atoms with Gasteiger partial charge in [-0.3, -0.25) is 9.59 Å². The molecule has 0 saturated carbocycles. The highest BCUT2D eigenvalue weighted by molar-refractivity contribution is 5.94. The molecule has 1 saturated heterocycles. The molecule has 20 heavy (non-hydrogen) atoms. The second kappa shape index (κ2) is 7.26. The molecule has 0 atom stereocenters. The van der Waals surface area contributed by atoms with Gasteiger partial charge in [0.1, 0.15) is 0 Å². The fourth-order valence-electron chi connectivity index (χ4n) is 2.17. The zero-order valence-corrected chi connectivity index (χ0v) is 12.4. The van der Waals surface area contributed by atoms with E-state index in [9.17, 15) is 9.59 Å². The molecule has 0 aliphatic carbocycles. The Morgan fingerprint density at radius 1 is 1.05 bits per heavy atom. The zero-order chi connectivity index (χ0) is 13.8. The van der Waals surface area contributed by atoms with Gasteiger partial charge in [-0.15, -0.1) is 12.4 Å². The number of piperazine rings is 1. The third kappa shape index (κ3) is 3.71. The maximum atomic E-state index is 12.3. The molecular weight excluding hydrogens is 278 g/mol. The average molecular weight is 298 g/mol. The molecule has 1 aromatic carbocycles. The summed E-state index contributed by atoms with van der Waals surface area (Å²) in [4.78, 5) is 27.2. The number of carbonyl (C=O) groups excluding carboxylic acids is 2. The summed E-state index contributed by atoms with van der Waals surface area (Å²) < 4.78 is 0. The molecule has 0 spiro atoms. The minimum absolute atomic E-state index is 0. The summed E-state index contributed by atoms with van der Waals surface area (Å²) >= 11 is 0. The number of halogens is 1. The van der Waals surface area contributed by atoms with Crippen LogP contribution in [0.15, 0.2) is 24.3 Å². The van der Waals surface area contributed by atoms with E-state index in [0.717, 1.165) is 5.56 Å². The lowest BCUT2D eigenvalue weighted by molar-refractivity contribution is -0.131. The van der Waals surface area contributed by atoms with Crippen LogP contribution in [0.3, 0.4) is 0 Å². The van der Waals surface area contributed by atoms with Gasteiger partial charge in [-0.1, -0.05) is 17.7 Å². The van der Waals surface area contributed by atoms with Crippen LogP contribution in [-0.2, 0) is 4.79 Å². The minimum atomic E-state index is -0.0533. The number of benzene rings is 1. The molecule has 0 aromatic heterocycles. The monoisotopic (exact) mass is 297 g/mol. The van der Waals surface area contributed by atoms with E-state index in [-0.39, 0.29) is 30.8 Å². The Bertz CT molecular complexity index is 468. The van der Waals surface area contributed by atoms with E-state index in [0.29, 0.717) is 31.7 Å². The molecule has 1 aliphatic rings. The molecular formula is C14H20ClN3O2. The normalized spacial score (nSPS) is 14.7. The van der Waals surface area contributed by atoms with Gasteiger partial charge in [-0.05, 0) is 19.1 Å². The van der Waals surface area contributed by atoms with Gasteiger partial charge in [0.2, 0.25) is 5.91 Å². The zero-order valence-electron chi connectivity index (χ0n) is 11.5. The number of hydrogen-bond acceptors (Lipinski definition) is 3. The maximum Gasteiger partial charge on any atom is 0.253 e. The van der Waals surface area contributed by atoms with Gasteiger partial charge in [0.15, 0.2) is 0 Å². The van der Waals surface area contributed by atoms with Crippen LogP contribution in [-0.4, -0.2) is 54.3 Å². The van der Waals surface area contributed by atoms with Crippen molar-refractivity contribution >= 4 is 24.2 Å². The Morgan fingerprint density at radius 2 is 1.55 bits per heavy atom. The summed E-state index contributed by atoms with van der Waals surface area (Å²) in [7, 11) is 0. The Balaban J connectivity index is 0.00000200. The summed E-state index contributed by atoms with van der Waals surface area (Å²) in [6.45, 7) is 4.29. The van der Waals surface area contributed by atoms with E-state index in [1.54, 1.807) is 9.80 Å². The number of nitrogens with zero attached hydrogens (tertiary/aromatic N) is 2. The van der Waals surface area contributed by atoms with Crippen molar-refractivity contribution in [2.45, 2.75) is 6.92 Å². The Morgan fingerprint density at radius 3 is 2.05 bits per heavy atom. The highest BCUT2D eigenvalue weighted by Crippen LogP contribution is 2.10. The lowest BCUT2D eigenvalue weighted by atomic mass is 10.1. The quantitative estimate of drug-likeness (QED) is 0.872. The van der Waals surface area contributed by atoms with E-state index in [2.05, 4.69) is 0 Å². The number of amides is 2. The molecule has 2 rings (SSSR count). The second-order valence-electron chi connectivity index (χ2n) is 4.74. The fourth-order valence-corrected chi connectivity index (χ4v) is 2.17. The summed E-state index contributed by atoms with van der Waals surface area (Å²) in [6.07, 6.45) is 0. The van der Waals surface area contributed by atoms with Crippen LogP contribution in [0.5, 0.6) is 0 Å². The van der Waals surface area contributed by atoms with Crippen molar-refractivity contribution in [1.82, 2.24) is 9.80 Å². The Kier molecular flexibility index (Phi) is 5.98. The number of hydrogen-bond donors (Lipinski definition) is 1. The first-order valence-electron chi connectivity index (χ1n) is 6.45. The number of nitrogens with two attached hydrogens (primary N) is 1. The van der Waals surface area contributed by atoms with Crippen LogP contribution in [0.1, 0.15) is 15.9 Å². The van der Waals surface area contributed by atoms with Crippen molar-refractivity contribution in [2.24, 2.45) is 5.73 Å². The molecule has 2 amide bonds. The smallest absolute Gasteiger partial charge is 0.253 e. The topological polar surface area (TPSA) is 66.6 Å². The van der Waals surface area contributed by atoms with Gasteiger partial charge >= 0.3 is 0 Å². The molecule has 0 unspecified atom stereocenters. The lowest BCUT2D eigenvalue weighted by Crippen LogP contribution is -2.51. The molecule has 1 fully saturated rings. The van der Waals surface area contributed by atoms with Crippen molar-refractivity contribution in [3.05, 3.63) is 35.4 Å². The SMILES string of the molecule is Cc1ccc(C(=O)N2CCN(C(=O)CN)CC2)cc1.Cl. The van der Waals surface area contributed by atoms with E-state index in [4.69, 9.17) is 5.73 Å². The van der Waals surface area contributed by atoms with Gasteiger partial charge < -0.3 is 15.5 Å². The summed E-state index contributed by atoms with van der Waals surface area (Å²) in [6, 6.07) is 7.55. The number of carbonyl (C=O) groups is 2. The van der Waals surface area contributed by atoms with Crippen LogP contribution in [0, 0.1) is 6.92 Å². The van der Waals surface area contributed by atoms with Crippen molar-refractivity contribution in [3.63, 3.8) is 0 Å². The first-order valence-corrected chi connectivity index (χ1v) is 6.45. The van der Waals surface area contributed by atoms with Crippen LogP contribution in [0.25, 0.3) is 0 Å². The van der Waals surface area contributed by atoms with E-state index < -0.39 is 0 Å². The molecule has 1 aromatic rings. The van der Waals surface area contributed by atoms with E-state index in [1.165, 1.54) is 0 Å². The third-order valence-electron chi connectivity index (χ3n) is 3.39. The van der Waals surface area contributed by atoms with Crippen molar-refractivity contribution in [1.29, 1.82) is 0 Å². The molecule has 5 nitrogen and oxygen atoms in total. The summed E-state index contributed by atoms with van der Waals surface area (Å²) in [5.41, 5.74) is 7.16. The van der Waals surface area contributed by atoms with Gasteiger partial charge in [-0.2, -0.15) is 0 Å². The van der Waals surface area contributed by atoms with Gasteiger partial charge in [-0.25, -0.2) is 0 Å².